The van der Waals surface area contributed by atoms with E-state index in [1.165, 1.54) is 18.9 Å². The SMILES string of the molecule is Cc1c(-c2ccc(CN3CCCC3)c(C#N)c2)cccc1-c1cccc(-c2nc3cc(CN4CCC[C@H]4C(=O)O)c(OC(F)F)cc3o2)c1C. The molecule has 10 heteroatoms. The van der Waals surface area contributed by atoms with Crippen LogP contribution in [0.1, 0.15) is 53.5 Å². The number of benzene rings is 4. The number of rotatable bonds is 10. The number of carboxylic acid groups (broad SMARTS) is 1. The molecule has 0 radical (unpaired) electrons. The molecule has 4 aromatic carbocycles. The maximum Gasteiger partial charge on any atom is 0.387 e. The highest BCUT2D eigenvalue weighted by Crippen LogP contribution is 2.39. The van der Waals surface area contributed by atoms with Gasteiger partial charge in [0.05, 0.1) is 11.6 Å². The van der Waals surface area contributed by atoms with Gasteiger partial charge in [0.15, 0.2) is 5.58 Å². The number of halogens is 2. The molecular formula is C40H38F2N4O4. The Balaban J connectivity index is 1.22. The number of nitriles is 1. The standard InChI is InChI=1S/C40H38F2N4O4/c1-24-30(26-13-14-27(28(18-26)21-43)22-45-15-3-4-16-45)8-5-9-31(24)32-10-6-11-33(25(32)2)38-44-34-19-29(23-46-17-7-12-35(46)39(47)48)36(50-40(41)42)20-37(34)49-38/h5-6,8-11,13-14,18-20,35,40H,3-4,7,12,15-17,22-23H2,1-2H3,(H,47,48)/t35-/m0/s1. The zero-order valence-electron chi connectivity index (χ0n) is 28.1. The van der Waals surface area contributed by atoms with Crippen LogP contribution >= 0.6 is 0 Å². The quantitative estimate of drug-likeness (QED) is 0.157. The summed E-state index contributed by atoms with van der Waals surface area (Å²) in [6.07, 6.45) is 3.61. The summed E-state index contributed by atoms with van der Waals surface area (Å²) in [7, 11) is 0. The van der Waals surface area contributed by atoms with Gasteiger partial charge in [-0.15, -0.1) is 0 Å². The lowest BCUT2D eigenvalue weighted by Gasteiger charge is -2.22. The Hall–Kier alpha value is -5.11. The second kappa shape index (κ2) is 14.0. The Morgan fingerprint density at radius 3 is 2.34 bits per heavy atom. The summed E-state index contributed by atoms with van der Waals surface area (Å²) in [5.74, 6) is -0.657. The van der Waals surface area contributed by atoms with E-state index in [0.717, 1.165) is 64.1 Å². The van der Waals surface area contributed by atoms with Crippen molar-refractivity contribution in [1.29, 1.82) is 5.26 Å². The third-order valence-electron chi connectivity index (χ3n) is 10.1. The number of carboxylic acids is 1. The van der Waals surface area contributed by atoms with E-state index in [1.54, 1.807) is 11.0 Å². The third kappa shape index (κ3) is 6.59. The van der Waals surface area contributed by atoms with Crippen LogP contribution in [0.4, 0.5) is 8.78 Å². The molecule has 2 aliphatic heterocycles. The Kier molecular flexibility index (Phi) is 9.36. The highest BCUT2D eigenvalue weighted by atomic mass is 19.3. The molecule has 0 unspecified atom stereocenters. The first-order valence-corrected chi connectivity index (χ1v) is 17.0. The molecule has 1 aromatic heterocycles. The fourth-order valence-corrected chi connectivity index (χ4v) is 7.52. The van der Waals surface area contributed by atoms with Crippen molar-refractivity contribution in [3.05, 3.63) is 94.5 Å². The predicted octanol–water partition coefficient (Wildman–Crippen LogP) is 8.56. The van der Waals surface area contributed by atoms with Crippen LogP contribution in [0.5, 0.6) is 5.75 Å². The van der Waals surface area contributed by atoms with Gasteiger partial charge in [0.2, 0.25) is 5.89 Å². The van der Waals surface area contributed by atoms with Gasteiger partial charge in [0.1, 0.15) is 17.3 Å². The molecule has 1 N–H and O–H groups in total. The number of carbonyl (C=O) groups is 1. The van der Waals surface area contributed by atoms with Gasteiger partial charge in [-0.3, -0.25) is 14.6 Å². The van der Waals surface area contributed by atoms with E-state index in [1.807, 2.05) is 31.2 Å². The fourth-order valence-electron chi connectivity index (χ4n) is 7.52. The van der Waals surface area contributed by atoms with Gasteiger partial charge >= 0.3 is 12.6 Å². The van der Waals surface area contributed by atoms with Crippen molar-refractivity contribution in [1.82, 2.24) is 14.8 Å². The van der Waals surface area contributed by atoms with Crippen molar-refractivity contribution < 1.29 is 27.8 Å². The number of hydrogen-bond donors (Lipinski definition) is 1. The van der Waals surface area contributed by atoms with Crippen molar-refractivity contribution in [3.8, 4) is 45.5 Å². The van der Waals surface area contributed by atoms with E-state index in [4.69, 9.17) is 14.1 Å². The van der Waals surface area contributed by atoms with Crippen molar-refractivity contribution in [2.45, 2.75) is 65.3 Å². The third-order valence-corrected chi connectivity index (χ3v) is 10.1. The molecule has 0 aliphatic carbocycles. The minimum absolute atomic E-state index is 0.0622. The van der Waals surface area contributed by atoms with E-state index in [0.29, 0.717) is 47.5 Å². The second-order valence-corrected chi connectivity index (χ2v) is 13.2. The summed E-state index contributed by atoms with van der Waals surface area (Å²) in [6, 6.07) is 23.1. The number of likely N-dealkylation sites (tertiary alicyclic amines) is 2. The maximum absolute atomic E-state index is 13.5. The van der Waals surface area contributed by atoms with Gasteiger partial charge < -0.3 is 14.3 Å². The molecule has 0 saturated carbocycles. The Morgan fingerprint density at radius 2 is 1.64 bits per heavy atom. The molecular weight excluding hydrogens is 638 g/mol. The first-order valence-electron chi connectivity index (χ1n) is 17.0. The van der Waals surface area contributed by atoms with Crippen molar-refractivity contribution in [2.24, 2.45) is 0 Å². The monoisotopic (exact) mass is 676 g/mol. The molecule has 2 aliphatic rings. The molecule has 0 amide bonds. The van der Waals surface area contributed by atoms with Gasteiger partial charge in [-0.2, -0.15) is 14.0 Å². The van der Waals surface area contributed by atoms with Crippen LogP contribution in [-0.2, 0) is 17.9 Å². The molecule has 0 bridgehead atoms. The van der Waals surface area contributed by atoms with Crippen molar-refractivity contribution >= 4 is 17.1 Å². The van der Waals surface area contributed by atoms with E-state index in [2.05, 4.69) is 48.2 Å². The van der Waals surface area contributed by atoms with E-state index < -0.39 is 18.6 Å². The Bertz CT molecular complexity index is 2110. The molecule has 2 fully saturated rings. The van der Waals surface area contributed by atoms with Gasteiger partial charge in [-0.05, 0) is 116 Å². The van der Waals surface area contributed by atoms with Crippen molar-refractivity contribution in [3.63, 3.8) is 0 Å². The van der Waals surface area contributed by atoms with Crippen LogP contribution in [0, 0.1) is 25.2 Å². The molecule has 7 rings (SSSR count). The summed E-state index contributed by atoms with van der Waals surface area (Å²) < 4.78 is 37.9. The van der Waals surface area contributed by atoms with Gasteiger partial charge in [-0.25, -0.2) is 4.98 Å². The van der Waals surface area contributed by atoms with Gasteiger partial charge in [0.25, 0.3) is 0 Å². The average molecular weight is 677 g/mol. The minimum Gasteiger partial charge on any atom is -0.480 e. The molecule has 2 saturated heterocycles. The Morgan fingerprint density at radius 1 is 0.940 bits per heavy atom. The summed E-state index contributed by atoms with van der Waals surface area (Å²) in [5.41, 5.74) is 9.74. The molecule has 50 heavy (non-hydrogen) atoms. The number of hydrogen-bond acceptors (Lipinski definition) is 7. The molecule has 1 atom stereocenters. The van der Waals surface area contributed by atoms with Crippen LogP contribution in [0.15, 0.2) is 71.1 Å². The first-order chi connectivity index (χ1) is 24.2. The molecule has 8 nitrogen and oxygen atoms in total. The summed E-state index contributed by atoms with van der Waals surface area (Å²) in [6.45, 7) is 4.64. The predicted molar refractivity (Wildman–Crippen MR) is 187 cm³/mol. The second-order valence-electron chi connectivity index (χ2n) is 13.2. The smallest absolute Gasteiger partial charge is 0.387 e. The highest BCUT2D eigenvalue weighted by molar-refractivity contribution is 5.85. The topological polar surface area (TPSA) is 103 Å². The number of oxazole rings is 1. The largest absolute Gasteiger partial charge is 0.480 e. The van der Waals surface area contributed by atoms with Crippen LogP contribution in [0.25, 0.3) is 44.8 Å². The van der Waals surface area contributed by atoms with Crippen molar-refractivity contribution in [2.75, 3.05) is 19.6 Å². The van der Waals surface area contributed by atoms with E-state index in [-0.39, 0.29) is 12.3 Å². The van der Waals surface area contributed by atoms with Crippen LogP contribution < -0.4 is 4.74 Å². The number of aromatic nitrogens is 1. The van der Waals surface area contributed by atoms with E-state index in [9.17, 15) is 23.9 Å². The van der Waals surface area contributed by atoms with Crippen LogP contribution in [0.3, 0.4) is 0 Å². The number of ether oxygens (including phenoxy) is 1. The molecule has 0 spiro atoms. The molecule has 3 heterocycles. The lowest BCUT2D eigenvalue weighted by Crippen LogP contribution is -2.35. The molecule has 5 aromatic rings. The fraction of sp³-hybridized carbons (Fsp3) is 0.325. The van der Waals surface area contributed by atoms with Gasteiger partial charge in [-0.1, -0.05) is 42.5 Å². The summed E-state index contributed by atoms with van der Waals surface area (Å²) in [5, 5.41) is 19.6. The molecule has 256 valence electrons. The zero-order chi connectivity index (χ0) is 34.9. The number of alkyl halides is 2. The Labute approximate surface area is 289 Å². The maximum atomic E-state index is 13.5. The normalized spacial score (nSPS) is 16.8. The van der Waals surface area contributed by atoms with Crippen LogP contribution in [-0.4, -0.2) is 58.1 Å². The summed E-state index contributed by atoms with van der Waals surface area (Å²) in [4.78, 5) is 20.7. The minimum atomic E-state index is -3.06. The number of nitrogens with zero attached hydrogens (tertiary/aromatic N) is 4. The lowest BCUT2D eigenvalue weighted by atomic mass is 9.88. The van der Waals surface area contributed by atoms with Crippen LogP contribution in [0.2, 0.25) is 0 Å². The number of fused-ring (bicyclic) bond motifs is 1. The average Bonchev–Trinajstić information content (AvgIpc) is 3.87. The highest BCUT2D eigenvalue weighted by Gasteiger charge is 2.31. The van der Waals surface area contributed by atoms with Gasteiger partial charge in [0, 0.05) is 30.3 Å². The first kappa shape index (κ1) is 33.4. The number of aliphatic carboxylic acids is 1. The van der Waals surface area contributed by atoms with E-state index >= 15 is 0 Å². The summed E-state index contributed by atoms with van der Waals surface area (Å²) >= 11 is 0. The zero-order valence-corrected chi connectivity index (χ0v) is 28.1. The lowest BCUT2D eigenvalue weighted by molar-refractivity contribution is -0.142.